The third-order valence-corrected chi connectivity index (χ3v) is 7.26. The largest absolute Gasteiger partial charge is 0.478 e. The highest BCUT2D eigenvalue weighted by Crippen LogP contribution is 2.52. The van der Waals surface area contributed by atoms with Gasteiger partial charge in [0.25, 0.3) is 0 Å². The zero-order valence-electron chi connectivity index (χ0n) is 22.8. The molecule has 0 aliphatic rings. The maximum Gasteiger partial charge on any atom is 0.335 e. The van der Waals surface area contributed by atoms with Crippen LogP contribution < -0.4 is 11.5 Å². The molecule has 8 N–H and O–H groups in total. The van der Waals surface area contributed by atoms with Crippen LogP contribution in [0, 0.1) is 0 Å². The Morgan fingerprint density at radius 3 is 0.636 bits per heavy atom. The zero-order valence-corrected chi connectivity index (χ0v) is 22.8. The van der Waals surface area contributed by atoms with E-state index in [0.717, 1.165) is 0 Å². The highest BCUT2D eigenvalue weighted by atomic mass is 16.4. The Bertz CT molecular complexity index is 1660. The Hall–Kier alpha value is -6.42. The van der Waals surface area contributed by atoms with Gasteiger partial charge in [0.2, 0.25) is 0 Å². The quantitative estimate of drug-likeness (QED) is 0.111. The molecule has 5 aromatic rings. The highest BCUT2D eigenvalue weighted by Gasteiger charge is 2.26. The van der Waals surface area contributed by atoms with Gasteiger partial charge in [-0.15, -0.1) is 0 Å². The number of nitrogens with two attached hydrogens (primary N) is 2. The fourth-order valence-electron chi connectivity index (χ4n) is 5.11. The lowest BCUT2D eigenvalue weighted by Crippen LogP contribution is -2.06. The number of nitrogen functional groups attached to an aromatic ring is 2. The number of carboxylic acid groups (broad SMARTS) is 4. The summed E-state index contributed by atoms with van der Waals surface area (Å²) >= 11 is 0. The minimum absolute atomic E-state index is 0.0484. The van der Waals surface area contributed by atoms with Crippen LogP contribution in [0.5, 0.6) is 0 Å². The fourth-order valence-corrected chi connectivity index (χ4v) is 5.11. The molecule has 218 valence electrons. The molecule has 0 saturated heterocycles. The van der Waals surface area contributed by atoms with E-state index in [0.29, 0.717) is 44.5 Å². The Kier molecular flexibility index (Phi) is 7.57. The molecule has 0 fully saturated rings. The second-order valence-corrected chi connectivity index (χ2v) is 9.86. The molecule has 0 aliphatic heterocycles. The fraction of sp³-hybridized carbons (Fsp3) is 0. The van der Waals surface area contributed by atoms with Crippen molar-refractivity contribution in [2.24, 2.45) is 0 Å². The van der Waals surface area contributed by atoms with Gasteiger partial charge in [0.1, 0.15) is 0 Å². The lowest BCUT2D eigenvalue weighted by atomic mass is 9.81. The van der Waals surface area contributed by atoms with Crippen molar-refractivity contribution in [2.75, 3.05) is 11.5 Å². The van der Waals surface area contributed by atoms with Gasteiger partial charge in [0.05, 0.1) is 22.3 Å². The van der Waals surface area contributed by atoms with Gasteiger partial charge in [0, 0.05) is 33.6 Å². The second kappa shape index (κ2) is 11.5. The molecule has 0 bridgehead atoms. The summed E-state index contributed by atoms with van der Waals surface area (Å²) in [6, 6.07) is 24.1. The van der Waals surface area contributed by atoms with Crippen molar-refractivity contribution in [1.29, 1.82) is 0 Å². The van der Waals surface area contributed by atoms with Crippen LogP contribution in [0.15, 0.2) is 97.1 Å². The molecule has 0 saturated carbocycles. The van der Waals surface area contributed by atoms with Crippen molar-refractivity contribution in [2.45, 2.75) is 0 Å². The summed E-state index contributed by atoms with van der Waals surface area (Å²) in [5.41, 5.74) is 18.4. The number of hydrogen-bond donors (Lipinski definition) is 6. The first-order chi connectivity index (χ1) is 21.0. The molecule has 0 spiro atoms. The second-order valence-electron chi connectivity index (χ2n) is 9.86. The number of carboxylic acids is 4. The minimum atomic E-state index is -1.12. The van der Waals surface area contributed by atoms with E-state index < -0.39 is 23.9 Å². The van der Waals surface area contributed by atoms with Gasteiger partial charge < -0.3 is 31.9 Å². The molecule has 0 radical (unpaired) electrons. The lowest BCUT2D eigenvalue weighted by Gasteiger charge is -2.24. The van der Waals surface area contributed by atoms with E-state index in [1.165, 1.54) is 48.5 Å². The Labute approximate surface area is 250 Å². The molecule has 10 nitrogen and oxygen atoms in total. The number of aromatic carboxylic acids is 4. The Morgan fingerprint density at radius 2 is 0.500 bits per heavy atom. The van der Waals surface area contributed by atoms with E-state index in [-0.39, 0.29) is 33.6 Å². The predicted octanol–water partition coefficient (Wildman–Crippen LogP) is 6.31. The van der Waals surface area contributed by atoms with E-state index in [1.54, 1.807) is 48.5 Å². The van der Waals surface area contributed by atoms with E-state index in [4.69, 9.17) is 11.5 Å². The summed E-state index contributed by atoms with van der Waals surface area (Å²) in [5.74, 6) is -4.47. The number of carbonyl (C=O) groups is 4. The van der Waals surface area contributed by atoms with Crippen LogP contribution in [0.1, 0.15) is 41.4 Å². The van der Waals surface area contributed by atoms with Gasteiger partial charge in [-0.05, 0) is 70.8 Å². The van der Waals surface area contributed by atoms with Gasteiger partial charge >= 0.3 is 23.9 Å². The summed E-state index contributed by atoms with van der Waals surface area (Å²) in [6.45, 7) is 0. The number of benzene rings is 5. The summed E-state index contributed by atoms with van der Waals surface area (Å²) in [4.78, 5) is 46.2. The Morgan fingerprint density at radius 1 is 0.341 bits per heavy atom. The number of rotatable bonds is 8. The maximum atomic E-state index is 11.6. The van der Waals surface area contributed by atoms with Crippen molar-refractivity contribution in [3.8, 4) is 44.5 Å². The standard InChI is InChI=1S/C34H24N2O8/c35-29-25(17-1-9-21(10-2-17)31(37)38)26(18-3-11-22(12-4-18)32(39)40)30(36)28(20-7-15-24(16-8-20)34(43)44)27(29)19-5-13-23(14-6-19)33(41)42/h1-16H,35-36H2,(H,37,38)(H,39,40)(H,41,42)(H,43,44). The van der Waals surface area contributed by atoms with Crippen molar-refractivity contribution >= 4 is 35.3 Å². The first-order valence-corrected chi connectivity index (χ1v) is 13.1. The number of anilines is 2. The van der Waals surface area contributed by atoms with Crippen molar-refractivity contribution in [3.05, 3.63) is 119 Å². The van der Waals surface area contributed by atoms with Crippen LogP contribution in [-0.4, -0.2) is 44.3 Å². The van der Waals surface area contributed by atoms with Crippen molar-refractivity contribution in [1.82, 2.24) is 0 Å². The average molecular weight is 589 g/mol. The summed E-state index contributed by atoms with van der Waals surface area (Å²) in [5, 5.41) is 37.8. The monoisotopic (exact) mass is 588 g/mol. The van der Waals surface area contributed by atoms with Crippen LogP contribution in [0.4, 0.5) is 11.4 Å². The molecule has 44 heavy (non-hydrogen) atoms. The van der Waals surface area contributed by atoms with Gasteiger partial charge in [0.15, 0.2) is 0 Å². The lowest BCUT2D eigenvalue weighted by molar-refractivity contribution is 0.0686. The molecule has 0 atom stereocenters. The van der Waals surface area contributed by atoms with Gasteiger partial charge in [-0.1, -0.05) is 48.5 Å². The highest BCUT2D eigenvalue weighted by molar-refractivity contribution is 6.12. The van der Waals surface area contributed by atoms with Crippen molar-refractivity contribution in [3.63, 3.8) is 0 Å². The SMILES string of the molecule is Nc1c(-c2ccc(C(=O)O)cc2)c(-c2ccc(C(=O)O)cc2)c(N)c(-c2ccc(C(=O)O)cc2)c1-c1ccc(C(=O)O)cc1. The number of hydrogen-bond acceptors (Lipinski definition) is 6. The third kappa shape index (κ3) is 5.30. The van der Waals surface area contributed by atoms with Gasteiger partial charge in [-0.3, -0.25) is 0 Å². The maximum absolute atomic E-state index is 11.6. The van der Waals surface area contributed by atoms with Gasteiger partial charge in [-0.25, -0.2) is 19.2 Å². The summed E-state index contributed by atoms with van der Waals surface area (Å²) in [6.07, 6.45) is 0. The molecule has 0 aromatic heterocycles. The summed E-state index contributed by atoms with van der Waals surface area (Å²) in [7, 11) is 0. The van der Waals surface area contributed by atoms with Crippen LogP contribution in [0.2, 0.25) is 0 Å². The normalized spacial score (nSPS) is 10.7. The third-order valence-electron chi connectivity index (χ3n) is 7.26. The smallest absolute Gasteiger partial charge is 0.335 e. The Balaban J connectivity index is 1.90. The average Bonchev–Trinajstić information content (AvgIpc) is 3.01. The predicted molar refractivity (Wildman–Crippen MR) is 165 cm³/mol. The molecule has 0 heterocycles. The summed E-state index contributed by atoms with van der Waals surface area (Å²) < 4.78 is 0. The first-order valence-electron chi connectivity index (χ1n) is 13.1. The van der Waals surface area contributed by atoms with E-state index in [9.17, 15) is 39.6 Å². The molecule has 0 aliphatic carbocycles. The van der Waals surface area contributed by atoms with Crippen molar-refractivity contribution < 1.29 is 39.6 Å². The molecule has 10 heteroatoms. The molecule has 0 amide bonds. The van der Waals surface area contributed by atoms with Crippen LogP contribution >= 0.6 is 0 Å². The minimum Gasteiger partial charge on any atom is -0.478 e. The molecule has 0 unspecified atom stereocenters. The molecule has 5 rings (SSSR count). The molecule has 5 aromatic carbocycles. The van der Waals surface area contributed by atoms with E-state index >= 15 is 0 Å². The van der Waals surface area contributed by atoms with E-state index in [1.807, 2.05) is 0 Å². The van der Waals surface area contributed by atoms with Gasteiger partial charge in [-0.2, -0.15) is 0 Å². The van der Waals surface area contributed by atoms with Crippen LogP contribution in [0.25, 0.3) is 44.5 Å². The van der Waals surface area contributed by atoms with E-state index in [2.05, 4.69) is 0 Å². The first kappa shape index (κ1) is 29.1. The van der Waals surface area contributed by atoms with Crippen LogP contribution in [-0.2, 0) is 0 Å². The van der Waals surface area contributed by atoms with Crippen LogP contribution in [0.3, 0.4) is 0 Å². The topological polar surface area (TPSA) is 201 Å². The molecular formula is C34H24N2O8. The molecular weight excluding hydrogens is 564 g/mol. The zero-order chi connectivity index (χ0) is 31.7.